The van der Waals surface area contributed by atoms with Gasteiger partial charge in [0.15, 0.2) is 0 Å². The van der Waals surface area contributed by atoms with Gasteiger partial charge in [-0.25, -0.2) is 0 Å². The maximum atomic E-state index is 12.7. The fourth-order valence-electron chi connectivity index (χ4n) is 4.23. The van der Waals surface area contributed by atoms with Crippen LogP contribution in [0.25, 0.3) is 0 Å². The Hall–Kier alpha value is -2.71. The number of anilines is 1. The Labute approximate surface area is 153 Å². The molecule has 0 radical (unpaired) electrons. The second kappa shape index (κ2) is 6.54. The Bertz CT molecular complexity index is 888. The van der Waals surface area contributed by atoms with Crippen molar-refractivity contribution in [1.29, 1.82) is 5.26 Å². The lowest BCUT2D eigenvalue weighted by atomic mass is 9.86. The molecule has 0 aliphatic carbocycles. The molecule has 0 unspecified atom stereocenters. The maximum Gasteiger partial charge on any atom is 0.227 e. The molecule has 0 saturated carbocycles. The van der Waals surface area contributed by atoms with Gasteiger partial charge in [0.1, 0.15) is 0 Å². The van der Waals surface area contributed by atoms with Crippen molar-refractivity contribution in [3.05, 3.63) is 59.4 Å². The molecular weight excluding hydrogens is 324 g/mol. The Morgan fingerprint density at radius 2 is 2.08 bits per heavy atom. The lowest BCUT2D eigenvalue weighted by Gasteiger charge is -2.24. The number of aryl methyl sites for hydroxylation is 1. The van der Waals surface area contributed by atoms with Crippen LogP contribution >= 0.6 is 0 Å². The van der Waals surface area contributed by atoms with Gasteiger partial charge in [-0.15, -0.1) is 0 Å². The Balaban J connectivity index is 1.47. The number of benzene rings is 1. The molecule has 1 amide bonds. The largest absolute Gasteiger partial charge is 0.312 e. The summed E-state index contributed by atoms with van der Waals surface area (Å²) in [5.41, 5.74) is 3.57. The van der Waals surface area contributed by atoms with Gasteiger partial charge in [-0.3, -0.25) is 14.7 Å². The van der Waals surface area contributed by atoms with Crippen LogP contribution in [0.1, 0.15) is 29.8 Å². The second-order valence-electron chi connectivity index (χ2n) is 7.55. The summed E-state index contributed by atoms with van der Waals surface area (Å²) in [5.74, 6) is 0.163. The highest BCUT2D eigenvalue weighted by atomic mass is 16.2. The van der Waals surface area contributed by atoms with E-state index in [-0.39, 0.29) is 11.3 Å². The number of rotatable bonds is 3. The topological polar surface area (TPSA) is 60.2 Å². The van der Waals surface area contributed by atoms with Crippen molar-refractivity contribution in [1.82, 2.24) is 9.88 Å². The van der Waals surface area contributed by atoms with E-state index in [9.17, 15) is 4.79 Å². The van der Waals surface area contributed by atoms with Crippen LogP contribution in [0.2, 0.25) is 0 Å². The number of aromatic nitrogens is 1. The van der Waals surface area contributed by atoms with E-state index >= 15 is 0 Å². The monoisotopic (exact) mass is 346 g/mol. The van der Waals surface area contributed by atoms with Gasteiger partial charge in [-0.05, 0) is 50.2 Å². The normalized spacial score (nSPS) is 22.9. The number of carbonyl (C=O) groups excluding carboxylic acids is 1. The number of likely N-dealkylation sites (tertiary alicyclic amines) is 1. The van der Waals surface area contributed by atoms with Crippen LogP contribution in [0.5, 0.6) is 0 Å². The fourth-order valence-corrected chi connectivity index (χ4v) is 4.23. The van der Waals surface area contributed by atoms with Gasteiger partial charge in [0.25, 0.3) is 0 Å². The minimum Gasteiger partial charge on any atom is -0.312 e. The molecule has 2 aliphatic heterocycles. The average molecular weight is 346 g/mol. The van der Waals surface area contributed by atoms with Gasteiger partial charge in [0.05, 0.1) is 17.3 Å². The first-order chi connectivity index (χ1) is 12.6. The van der Waals surface area contributed by atoms with Crippen molar-refractivity contribution < 1.29 is 4.79 Å². The van der Waals surface area contributed by atoms with Gasteiger partial charge < -0.3 is 4.90 Å². The van der Waals surface area contributed by atoms with Crippen LogP contribution < -0.4 is 4.90 Å². The quantitative estimate of drug-likeness (QED) is 0.857. The molecular formula is C21H22N4O. The number of nitriles is 1. The summed E-state index contributed by atoms with van der Waals surface area (Å²) in [6.45, 7) is 5.50. The summed E-state index contributed by atoms with van der Waals surface area (Å²) in [6.07, 6.45) is 1.61. The minimum atomic E-state index is 0.0174. The number of nitrogens with zero attached hydrogens (tertiary/aromatic N) is 4. The predicted molar refractivity (Wildman–Crippen MR) is 99.4 cm³/mol. The van der Waals surface area contributed by atoms with Gasteiger partial charge in [0.2, 0.25) is 5.91 Å². The average Bonchev–Trinajstić information content (AvgIpc) is 3.17. The zero-order chi connectivity index (χ0) is 18.1. The first-order valence-electron chi connectivity index (χ1n) is 9.02. The zero-order valence-corrected chi connectivity index (χ0v) is 15.0. The van der Waals surface area contributed by atoms with Gasteiger partial charge >= 0.3 is 0 Å². The highest BCUT2D eigenvalue weighted by Gasteiger charge is 2.47. The summed E-state index contributed by atoms with van der Waals surface area (Å²) in [5, 5.41) is 9.10. The van der Waals surface area contributed by atoms with Crippen molar-refractivity contribution in [2.45, 2.75) is 26.3 Å². The number of pyridine rings is 1. The maximum absolute atomic E-state index is 12.7. The molecule has 26 heavy (non-hydrogen) atoms. The first kappa shape index (κ1) is 16.7. The van der Waals surface area contributed by atoms with Crippen molar-refractivity contribution in [2.24, 2.45) is 5.41 Å². The van der Waals surface area contributed by atoms with Crippen molar-refractivity contribution in [3.8, 4) is 6.07 Å². The number of hydrogen-bond acceptors (Lipinski definition) is 4. The highest BCUT2D eigenvalue weighted by molar-refractivity contribution is 5.96. The minimum absolute atomic E-state index is 0.0174. The summed E-state index contributed by atoms with van der Waals surface area (Å²) >= 11 is 0. The van der Waals surface area contributed by atoms with Crippen LogP contribution in [0.3, 0.4) is 0 Å². The lowest BCUT2D eigenvalue weighted by Crippen LogP contribution is -2.31. The van der Waals surface area contributed by atoms with Crippen LogP contribution in [-0.4, -0.2) is 35.4 Å². The molecule has 2 aromatic rings. The summed E-state index contributed by atoms with van der Waals surface area (Å²) < 4.78 is 0. The van der Waals surface area contributed by atoms with E-state index in [1.807, 2.05) is 36.1 Å². The van der Waals surface area contributed by atoms with Crippen molar-refractivity contribution in [2.75, 3.05) is 24.5 Å². The van der Waals surface area contributed by atoms with E-state index in [4.69, 9.17) is 5.26 Å². The van der Waals surface area contributed by atoms with Gasteiger partial charge in [-0.1, -0.05) is 12.1 Å². The molecule has 4 rings (SSSR count). The van der Waals surface area contributed by atoms with Gasteiger partial charge in [0, 0.05) is 42.9 Å². The molecule has 2 saturated heterocycles. The Kier molecular flexibility index (Phi) is 4.21. The second-order valence-corrected chi connectivity index (χ2v) is 7.55. The standard InChI is InChI=1S/C21H22N4O/c1-16-4-2-6-18(23-16)13-24-9-8-21(14-24)11-20(26)25(15-21)19-7-3-5-17(10-19)12-22/h2-7,10H,8-9,11,13-15H2,1H3/t21-/m1/s1. The van der Waals surface area contributed by atoms with Gasteiger partial charge in [-0.2, -0.15) is 5.26 Å². The Morgan fingerprint density at radius 1 is 1.23 bits per heavy atom. The summed E-state index contributed by atoms with van der Waals surface area (Å²) in [7, 11) is 0. The Morgan fingerprint density at radius 3 is 2.88 bits per heavy atom. The summed E-state index contributed by atoms with van der Waals surface area (Å²) in [4.78, 5) is 21.5. The van der Waals surface area contributed by atoms with Crippen LogP contribution in [-0.2, 0) is 11.3 Å². The molecule has 0 N–H and O–H groups in total. The SMILES string of the molecule is Cc1cccc(CN2CC[C@@]3(CC(=O)N(c4cccc(C#N)c4)C3)C2)n1. The number of carbonyl (C=O) groups is 1. The van der Waals surface area contributed by atoms with E-state index in [1.54, 1.807) is 12.1 Å². The molecule has 0 bridgehead atoms. The third-order valence-electron chi connectivity index (χ3n) is 5.46. The van der Waals surface area contributed by atoms with E-state index in [2.05, 4.69) is 22.0 Å². The molecule has 5 nitrogen and oxygen atoms in total. The van der Waals surface area contributed by atoms with Crippen LogP contribution in [0.15, 0.2) is 42.5 Å². The third kappa shape index (κ3) is 3.21. The first-order valence-corrected chi connectivity index (χ1v) is 9.02. The molecule has 1 spiro atoms. The van der Waals surface area contributed by atoms with E-state index < -0.39 is 0 Å². The van der Waals surface area contributed by atoms with E-state index in [1.165, 1.54) is 0 Å². The zero-order valence-electron chi connectivity index (χ0n) is 15.0. The molecule has 132 valence electrons. The predicted octanol–water partition coefficient (Wildman–Crippen LogP) is 2.89. The number of hydrogen-bond donors (Lipinski definition) is 0. The van der Waals surface area contributed by atoms with E-state index in [0.717, 1.165) is 49.7 Å². The summed E-state index contributed by atoms with van der Waals surface area (Å²) in [6, 6.07) is 15.6. The highest BCUT2D eigenvalue weighted by Crippen LogP contribution is 2.42. The molecule has 5 heteroatoms. The third-order valence-corrected chi connectivity index (χ3v) is 5.46. The molecule has 1 aromatic carbocycles. The number of amides is 1. The molecule has 2 fully saturated rings. The molecule has 1 atom stereocenters. The molecule has 2 aliphatic rings. The van der Waals surface area contributed by atoms with Crippen molar-refractivity contribution >= 4 is 11.6 Å². The smallest absolute Gasteiger partial charge is 0.227 e. The van der Waals surface area contributed by atoms with E-state index in [0.29, 0.717) is 12.0 Å². The fraction of sp³-hybridized carbons (Fsp3) is 0.381. The van der Waals surface area contributed by atoms with Crippen LogP contribution in [0, 0.1) is 23.7 Å². The van der Waals surface area contributed by atoms with Crippen molar-refractivity contribution in [3.63, 3.8) is 0 Å². The lowest BCUT2D eigenvalue weighted by molar-refractivity contribution is -0.117. The molecule has 1 aromatic heterocycles. The van der Waals surface area contributed by atoms with Crippen LogP contribution in [0.4, 0.5) is 5.69 Å². The molecule has 3 heterocycles.